The lowest BCUT2D eigenvalue weighted by molar-refractivity contribution is -0.156. The summed E-state index contributed by atoms with van der Waals surface area (Å²) in [5, 5.41) is 9.60. The molecule has 3 nitrogen and oxygen atoms in total. The minimum atomic E-state index is -2.04. The first-order chi connectivity index (χ1) is 6.31. The van der Waals surface area contributed by atoms with Gasteiger partial charge in [0.1, 0.15) is 5.60 Å². The standard InChI is InChI=1S/C10H17FO3/c1-5-14-9(12)8(11)10(4,13)6-7(2)3/h6,8,13H,5H2,1-4H3. The molecule has 2 atom stereocenters. The first-order valence-electron chi connectivity index (χ1n) is 4.50. The predicted molar refractivity (Wildman–Crippen MR) is 51.6 cm³/mol. The van der Waals surface area contributed by atoms with Gasteiger partial charge in [0.2, 0.25) is 6.17 Å². The molecule has 0 spiro atoms. The fourth-order valence-corrected chi connectivity index (χ4v) is 1.11. The Bertz CT molecular complexity index is 230. The summed E-state index contributed by atoms with van der Waals surface area (Å²) in [5.41, 5.74) is -1.06. The van der Waals surface area contributed by atoms with Crippen LogP contribution in [0.3, 0.4) is 0 Å². The fraction of sp³-hybridized carbons (Fsp3) is 0.700. The van der Waals surface area contributed by atoms with Crippen molar-refractivity contribution in [1.82, 2.24) is 0 Å². The van der Waals surface area contributed by atoms with Crippen LogP contribution in [0.5, 0.6) is 0 Å². The zero-order valence-electron chi connectivity index (χ0n) is 9.00. The lowest BCUT2D eigenvalue weighted by Gasteiger charge is -2.22. The van der Waals surface area contributed by atoms with E-state index >= 15 is 0 Å². The molecular weight excluding hydrogens is 187 g/mol. The molecule has 82 valence electrons. The Balaban J connectivity index is 4.57. The molecule has 0 saturated carbocycles. The second kappa shape index (κ2) is 5.10. The third-order valence-electron chi connectivity index (χ3n) is 1.59. The largest absolute Gasteiger partial charge is 0.464 e. The van der Waals surface area contributed by atoms with Gasteiger partial charge in [-0.1, -0.05) is 11.6 Å². The van der Waals surface area contributed by atoms with Gasteiger partial charge in [-0.05, 0) is 27.7 Å². The molecular formula is C10H17FO3. The number of hydrogen-bond acceptors (Lipinski definition) is 3. The predicted octanol–water partition coefficient (Wildman–Crippen LogP) is 1.60. The number of hydrogen-bond donors (Lipinski definition) is 1. The molecule has 0 radical (unpaired) electrons. The highest BCUT2D eigenvalue weighted by Gasteiger charge is 2.36. The van der Waals surface area contributed by atoms with E-state index in [1.807, 2.05) is 0 Å². The minimum absolute atomic E-state index is 0.101. The molecule has 0 aromatic heterocycles. The summed E-state index contributed by atoms with van der Waals surface area (Å²) >= 11 is 0. The molecule has 0 saturated heterocycles. The van der Waals surface area contributed by atoms with E-state index in [9.17, 15) is 14.3 Å². The Morgan fingerprint density at radius 2 is 2.14 bits per heavy atom. The normalized spacial score (nSPS) is 16.7. The first kappa shape index (κ1) is 13.1. The van der Waals surface area contributed by atoms with Crippen LogP contribution in [0.4, 0.5) is 4.39 Å². The maximum Gasteiger partial charge on any atom is 0.344 e. The van der Waals surface area contributed by atoms with Crippen LogP contribution in [0, 0.1) is 0 Å². The number of allylic oxidation sites excluding steroid dienone is 1. The van der Waals surface area contributed by atoms with Crippen molar-refractivity contribution in [1.29, 1.82) is 0 Å². The molecule has 0 amide bonds. The van der Waals surface area contributed by atoms with Gasteiger partial charge in [-0.25, -0.2) is 9.18 Å². The number of carbonyl (C=O) groups excluding carboxylic acids is 1. The number of halogens is 1. The molecule has 0 rings (SSSR count). The van der Waals surface area contributed by atoms with Gasteiger partial charge in [-0.2, -0.15) is 0 Å². The van der Waals surface area contributed by atoms with E-state index in [2.05, 4.69) is 4.74 Å². The lowest BCUT2D eigenvalue weighted by atomic mass is 9.98. The average Bonchev–Trinajstić information content (AvgIpc) is 2.01. The van der Waals surface area contributed by atoms with E-state index in [0.29, 0.717) is 0 Å². The number of ether oxygens (including phenoxy) is 1. The van der Waals surface area contributed by atoms with Gasteiger partial charge in [0.15, 0.2) is 0 Å². The van der Waals surface area contributed by atoms with Crippen LogP contribution in [-0.2, 0) is 9.53 Å². The van der Waals surface area contributed by atoms with Crippen LogP contribution < -0.4 is 0 Å². The van der Waals surface area contributed by atoms with Gasteiger partial charge in [-0.3, -0.25) is 0 Å². The van der Waals surface area contributed by atoms with Crippen LogP contribution in [0.1, 0.15) is 27.7 Å². The van der Waals surface area contributed by atoms with E-state index in [1.165, 1.54) is 13.0 Å². The minimum Gasteiger partial charge on any atom is -0.464 e. The molecule has 2 unspecified atom stereocenters. The molecule has 0 heterocycles. The zero-order chi connectivity index (χ0) is 11.4. The highest BCUT2D eigenvalue weighted by molar-refractivity contribution is 5.76. The zero-order valence-corrected chi connectivity index (χ0v) is 9.00. The Labute approximate surface area is 83.6 Å². The average molecular weight is 204 g/mol. The van der Waals surface area contributed by atoms with Crippen LogP contribution >= 0.6 is 0 Å². The third-order valence-corrected chi connectivity index (χ3v) is 1.59. The molecule has 0 aromatic carbocycles. The van der Waals surface area contributed by atoms with Gasteiger partial charge in [0.25, 0.3) is 0 Å². The maximum atomic E-state index is 13.4. The molecule has 0 aromatic rings. The van der Waals surface area contributed by atoms with Crippen molar-refractivity contribution in [3.63, 3.8) is 0 Å². The van der Waals surface area contributed by atoms with E-state index in [4.69, 9.17) is 0 Å². The van der Waals surface area contributed by atoms with Gasteiger partial charge >= 0.3 is 5.97 Å². The molecule has 1 N–H and O–H groups in total. The summed E-state index contributed by atoms with van der Waals surface area (Å²) in [6.45, 7) is 6.35. The topological polar surface area (TPSA) is 46.5 Å². The first-order valence-corrected chi connectivity index (χ1v) is 4.50. The highest BCUT2D eigenvalue weighted by Crippen LogP contribution is 2.18. The quantitative estimate of drug-likeness (QED) is 0.559. The van der Waals surface area contributed by atoms with E-state index in [1.54, 1.807) is 20.8 Å². The smallest absolute Gasteiger partial charge is 0.344 e. The van der Waals surface area contributed by atoms with E-state index < -0.39 is 17.7 Å². The summed E-state index contributed by atoms with van der Waals surface area (Å²) in [5.74, 6) is -1.03. The van der Waals surface area contributed by atoms with Crippen molar-refractivity contribution in [3.05, 3.63) is 11.6 Å². The second-order valence-electron chi connectivity index (χ2n) is 3.56. The molecule has 0 aliphatic rings. The molecule has 14 heavy (non-hydrogen) atoms. The number of esters is 1. The lowest BCUT2D eigenvalue weighted by Crippen LogP contribution is -2.41. The SMILES string of the molecule is CCOC(=O)C(F)C(C)(O)C=C(C)C. The summed E-state index contributed by atoms with van der Waals surface area (Å²) < 4.78 is 17.8. The monoisotopic (exact) mass is 204 g/mol. The number of rotatable bonds is 4. The molecule has 0 aliphatic carbocycles. The summed E-state index contributed by atoms with van der Waals surface area (Å²) in [4.78, 5) is 11.0. The van der Waals surface area contributed by atoms with Gasteiger partial charge in [0, 0.05) is 0 Å². The molecule has 0 aliphatic heterocycles. The van der Waals surface area contributed by atoms with E-state index in [0.717, 1.165) is 5.57 Å². The molecule has 4 heteroatoms. The van der Waals surface area contributed by atoms with Crippen molar-refractivity contribution in [2.75, 3.05) is 6.61 Å². The fourth-order valence-electron chi connectivity index (χ4n) is 1.11. The van der Waals surface area contributed by atoms with Crippen LogP contribution in [0.25, 0.3) is 0 Å². The van der Waals surface area contributed by atoms with Crippen molar-refractivity contribution in [2.24, 2.45) is 0 Å². The maximum absolute atomic E-state index is 13.4. The van der Waals surface area contributed by atoms with Crippen LogP contribution in [0.2, 0.25) is 0 Å². The molecule has 0 bridgehead atoms. The Hall–Kier alpha value is -0.900. The van der Waals surface area contributed by atoms with Crippen LogP contribution in [0.15, 0.2) is 11.6 Å². The number of alkyl halides is 1. The van der Waals surface area contributed by atoms with Gasteiger partial charge in [-0.15, -0.1) is 0 Å². The Morgan fingerprint density at radius 3 is 2.50 bits per heavy atom. The Kier molecular flexibility index (Phi) is 4.77. The van der Waals surface area contributed by atoms with Crippen molar-refractivity contribution < 1.29 is 19.0 Å². The molecule has 0 fully saturated rings. The van der Waals surface area contributed by atoms with Crippen molar-refractivity contribution >= 4 is 5.97 Å². The van der Waals surface area contributed by atoms with Gasteiger partial charge in [0.05, 0.1) is 6.61 Å². The third kappa shape index (κ3) is 3.87. The Morgan fingerprint density at radius 1 is 1.64 bits per heavy atom. The number of aliphatic hydroxyl groups is 1. The van der Waals surface area contributed by atoms with Crippen LogP contribution in [-0.4, -0.2) is 29.5 Å². The summed E-state index contributed by atoms with van der Waals surface area (Å²) in [7, 11) is 0. The highest BCUT2D eigenvalue weighted by atomic mass is 19.1. The number of carbonyl (C=O) groups is 1. The van der Waals surface area contributed by atoms with E-state index in [-0.39, 0.29) is 6.61 Å². The summed E-state index contributed by atoms with van der Waals surface area (Å²) in [6.07, 6.45) is -0.744. The van der Waals surface area contributed by atoms with Crippen molar-refractivity contribution in [2.45, 2.75) is 39.5 Å². The second-order valence-corrected chi connectivity index (χ2v) is 3.56. The van der Waals surface area contributed by atoms with Crippen molar-refractivity contribution in [3.8, 4) is 0 Å². The van der Waals surface area contributed by atoms with Gasteiger partial charge < -0.3 is 9.84 Å². The summed E-state index contributed by atoms with van der Waals surface area (Å²) in [6, 6.07) is 0.